The van der Waals surface area contributed by atoms with Gasteiger partial charge in [0.1, 0.15) is 6.04 Å². The highest BCUT2D eigenvalue weighted by molar-refractivity contribution is 5.88. The molecule has 1 saturated heterocycles. The van der Waals surface area contributed by atoms with Crippen LogP contribution in [0.1, 0.15) is 40.0 Å². The van der Waals surface area contributed by atoms with Gasteiger partial charge in [0, 0.05) is 50.4 Å². The van der Waals surface area contributed by atoms with Gasteiger partial charge in [0.15, 0.2) is 0 Å². The van der Waals surface area contributed by atoms with Crippen molar-refractivity contribution in [2.75, 3.05) is 37.7 Å². The van der Waals surface area contributed by atoms with Crippen LogP contribution < -0.4 is 10.2 Å². The number of aliphatic hydroxyl groups excluding tert-OH is 2. The summed E-state index contributed by atoms with van der Waals surface area (Å²) in [5.74, 6) is -0.546. The lowest BCUT2D eigenvalue weighted by atomic mass is 9.70. The molecule has 10 nitrogen and oxygen atoms in total. The maximum absolute atomic E-state index is 13.0. The molecule has 3 aliphatic rings. The van der Waals surface area contributed by atoms with E-state index in [4.69, 9.17) is 0 Å². The molecule has 2 aliphatic carbocycles. The second-order valence-electron chi connectivity index (χ2n) is 11.0. The van der Waals surface area contributed by atoms with Crippen molar-refractivity contribution in [2.45, 2.75) is 52.2 Å². The van der Waals surface area contributed by atoms with Crippen LogP contribution in [0.4, 0.5) is 11.4 Å². The van der Waals surface area contributed by atoms with E-state index in [0.717, 1.165) is 18.5 Å². The molecule has 35 heavy (non-hydrogen) atoms. The third kappa shape index (κ3) is 4.38. The Labute approximate surface area is 205 Å². The van der Waals surface area contributed by atoms with Crippen molar-refractivity contribution in [3.05, 3.63) is 34.4 Å². The zero-order valence-electron chi connectivity index (χ0n) is 20.6. The maximum Gasteiger partial charge on any atom is 0.269 e. The Morgan fingerprint density at radius 2 is 1.80 bits per heavy atom. The number of nitrogens with zero attached hydrogens (tertiary/aromatic N) is 3. The van der Waals surface area contributed by atoms with Gasteiger partial charge in [-0.1, -0.05) is 20.8 Å². The zero-order valence-corrected chi connectivity index (χ0v) is 20.6. The summed E-state index contributed by atoms with van der Waals surface area (Å²) >= 11 is 0. The van der Waals surface area contributed by atoms with Gasteiger partial charge in [-0.3, -0.25) is 19.7 Å². The van der Waals surface area contributed by atoms with E-state index in [1.54, 1.807) is 17.0 Å². The average molecular weight is 489 g/mol. The number of benzene rings is 1. The molecule has 2 amide bonds. The molecule has 5 atom stereocenters. The Balaban J connectivity index is 1.31. The van der Waals surface area contributed by atoms with Gasteiger partial charge >= 0.3 is 0 Å². The zero-order chi connectivity index (χ0) is 25.5. The van der Waals surface area contributed by atoms with E-state index in [0.29, 0.717) is 26.2 Å². The number of hydrogen-bond donors (Lipinski definition) is 3. The third-order valence-electron chi connectivity index (χ3n) is 9.20. The van der Waals surface area contributed by atoms with Crippen LogP contribution in [0.25, 0.3) is 0 Å². The van der Waals surface area contributed by atoms with E-state index in [9.17, 15) is 29.9 Å². The first-order valence-electron chi connectivity index (χ1n) is 12.4. The Hall–Kier alpha value is -2.72. The number of carbonyl (C=O) groups is 2. The first kappa shape index (κ1) is 25.4. The molecular weight excluding hydrogens is 452 g/mol. The molecule has 1 heterocycles. The minimum Gasteiger partial charge on any atom is -0.394 e. The van der Waals surface area contributed by atoms with Crippen molar-refractivity contribution < 1.29 is 24.7 Å². The molecular formula is C25H36N4O6. The average Bonchev–Trinajstić information content (AvgIpc) is 3.15. The summed E-state index contributed by atoms with van der Waals surface area (Å²) in [6, 6.07) is 5.28. The van der Waals surface area contributed by atoms with Gasteiger partial charge in [0.25, 0.3) is 5.69 Å². The van der Waals surface area contributed by atoms with Gasteiger partial charge < -0.3 is 25.3 Å². The quantitative estimate of drug-likeness (QED) is 0.391. The van der Waals surface area contributed by atoms with Crippen LogP contribution in [0.2, 0.25) is 0 Å². The fraction of sp³-hybridized carbons (Fsp3) is 0.680. The van der Waals surface area contributed by atoms with Crippen molar-refractivity contribution in [2.24, 2.45) is 22.7 Å². The van der Waals surface area contributed by atoms with Crippen LogP contribution in [0.15, 0.2) is 24.3 Å². The van der Waals surface area contributed by atoms with Gasteiger partial charge in [-0.15, -0.1) is 0 Å². The van der Waals surface area contributed by atoms with Crippen molar-refractivity contribution in [3.63, 3.8) is 0 Å². The number of hydrogen-bond acceptors (Lipinski definition) is 7. The highest BCUT2D eigenvalue weighted by atomic mass is 16.6. The topological polar surface area (TPSA) is 136 Å². The molecule has 1 aliphatic heterocycles. The second kappa shape index (κ2) is 9.39. The third-order valence-corrected chi connectivity index (χ3v) is 9.20. The molecule has 1 aromatic rings. The molecule has 0 radical (unpaired) electrons. The predicted octanol–water partition coefficient (Wildman–Crippen LogP) is 1.54. The molecule has 4 rings (SSSR count). The minimum atomic E-state index is -1.02. The summed E-state index contributed by atoms with van der Waals surface area (Å²) in [5, 5.41) is 34.3. The lowest BCUT2D eigenvalue weighted by molar-refractivity contribution is -0.384. The number of nitro groups is 1. The first-order valence-corrected chi connectivity index (χ1v) is 12.4. The summed E-state index contributed by atoms with van der Waals surface area (Å²) in [6.07, 6.45) is 1.52. The number of aliphatic hydroxyl groups is 2. The number of amides is 2. The molecule has 10 heteroatoms. The van der Waals surface area contributed by atoms with Crippen LogP contribution in [-0.2, 0) is 9.59 Å². The largest absolute Gasteiger partial charge is 0.394 e. The van der Waals surface area contributed by atoms with Crippen LogP contribution >= 0.6 is 0 Å². The summed E-state index contributed by atoms with van der Waals surface area (Å²) in [7, 11) is 0. The highest BCUT2D eigenvalue weighted by Gasteiger charge is 2.65. The number of carbonyl (C=O) groups excluding carboxylic acids is 2. The Bertz CT molecular complexity index is 975. The van der Waals surface area contributed by atoms with Crippen molar-refractivity contribution >= 4 is 23.2 Å². The highest BCUT2D eigenvalue weighted by Crippen LogP contribution is 2.68. The molecule has 3 fully saturated rings. The molecule has 2 saturated carbocycles. The summed E-state index contributed by atoms with van der Waals surface area (Å²) < 4.78 is 0. The molecule has 2 bridgehead atoms. The molecule has 5 unspecified atom stereocenters. The van der Waals surface area contributed by atoms with Gasteiger partial charge in [0.05, 0.1) is 17.6 Å². The van der Waals surface area contributed by atoms with Gasteiger partial charge in [0.2, 0.25) is 11.8 Å². The lowest BCUT2D eigenvalue weighted by Crippen LogP contribution is -2.56. The fourth-order valence-corrected chi connectivity index (χ4v) is 6.63. The van der Waals surface area contributed by atoms with Crippen LogP contribution in [-0.4, -0.2) is 76.8 Å². The number of piperazine rings is 1. The van der Waals surface area contributed by atoms with E-state index >= 15 is 0 Å². The predicted molar refractivity (Wildman–Crippen MR) is 130 cm³/mol. The van der Waals surface area contributed by atoms with E-state index in [1.807, 2.05) is 4.90 Å². The van der Waals surface area contributed by atoms with Gasteiger partial charge in [-0.05, 0) is 47.6 Å². The molecule has 0 spiro atoms. The van der Waals surface area contributed by atoms with Crippen LogP contribution in [0, 0.1) is 32.8 Å². The monoisotopic (exact) mass is 488 g/mol. The molecule has 1 aromatic carbocycles. The molecule has 192 valence electrons. The number of nitro benzene ring substituents is 1. The fourth-order valence-electron chi connectivity index (χ4n) is 6.63. The number of anilines is 1. The maximum atomic E-state index is 13.0. The second-order valence-corrected chi connectivity index (χ2v) is 11.0. The Kier molecular flexibility index (Phi) is 6.80. The first-order chi connectivity index (χ1) is 16.5. The Morgan fingerprint density at radius 3 is 2.31 bits per heavy atom. The van der Waals surface area contributed by atoms with Crippen molar-refractivity contribution in [3.8, 4) is 0 Å². The number of rotatable bonds is 7. The smallest absolute Gasteiger partial charge is 0.269 e. The van der Waals surface area contributed by atoms with Gasteiger partial charge in [-0.2, -0.15) is 0 Å². The lowest BCUT2D eigenvalue weighted by Gasteiger charge is -2.37. The van der Waals surface area contributed by atoms with Crippen molar-refractivity contribution in [1.29, 1.82) is 0 Å². The number of non-ortho nitro benzene ring substituents is 1. The summed E-state index contributed by atoms with van der Waals surface area (Å²) in [5.41, 5.74) is 0.612. The SMILES string of the molecule is CC1(C)C2CCC1(C)C(O)C2CC(=O)NC(CO)C(=O)N1CCN(c2ccc([N+](=O)[O-])cc2)CC1. The van der Waals surface area contributed by atoms with E-state index in [-0.39, 0.29) is 46.6 Å². The minimum absolute atomic E-state index is 0.0275. The molecule has 3 N–H and O–H groups in total. The normalized spacial score (nSPS) is 30.3. The summed E-state index contributed by atoms with van der Waals surface area (Å²) in [4.78, 5) is 39.9. The van der Waals surface area contributed by atoms with Gasteiger partial charge in [-0.25, -0.2) is 0 Å². The summed E-state index contributed by atoms with van der Waals surface area (Å²) in [6.45, 7) is 7.86. The molecule has 0 aromatic heterocycles. The standard InChI is InChI=1S/C25H36N4O6/c1-24(2)19-8-9-25(24,3)22(32)18(19)14-21(31)26-20(15-30)23(33)28-12-10-27(11-13-28)16-4-6-17(7-5-16)29(34)35/h4-7,18-20,22,30,32H,8-15H2,1-3H3,(H,26,31). The van der Waals surface area contributed by atoms with E-state index < -0.39 is 23.7 Å². The number of fused-ring (bicyclic) bond motifs is 2. The van der Waals surface area contributed by atoms with E-state index in [2.05, 4.69) is 26.1 Å². The Morgan fingerprint density at radius 1 is 1.17 bits per heavy atom. The number of nitrogens with one attached hydrogen (secondary N) is 1. The van der Waals surface area contributed by atoms with Crippen LogP contribution in [0.3, 0.4) is 0 Å². The van der Waals surface area contributed by atoms with Crippen LogP contribution in [0.5, 0.6) is 0 Å². The van der Waals surface area contributed by atoms with E-state index in [1.165, 1.54) is 12.1 Å². The van der Waals surface area contributed by atoms with Crippen molar-refractivity contribution in [1.82, 2.24) is 10.2 Å².